The van der Waals surface area contributed by atoms with Crippen LogP contribution in [0.4, 0.5) is 5.69 Å². The van der Waals surface area contributed by atoms with E-state index in [-0.39, 0.29) is 16.7 Å². The van der Waals surface area contributed by atoms with E-state index in [2.05, 4.69) is 0 Å². The average Bonchev–Trinajstić information content (AvgIpc) is 2.73. The fraction of sp³-hybridized carbons (Fsp3) is 0.500. The average molecular weight is 253 g/mol. The third-order valence-electron chi connectivity index (χ3n) is 3.12. The van der Waals surface area contributed by atoms with Crippen LogP contribution >= 0.6 is 11.8 Å². The van der Waals surface area contributed by atoms with Gasteiger partial charge in [-0.1, -0.05) is 12.1 Å². The zero-order chi connectivity index (χ0) is 12.3. The lowest BCUT2D eigenvalue weighted by Crippen LogP contribution is -2.18. The second-order valence-corrected chi connectivity index (χ2v) is 5.40. The zero-order valence-electron chi connectivity index (χ0n) is 9.41. The van der Waals surface area contributed by atoms with E-state index in [4.69, 9.17) is 0 Å². The molecule has 1 aromatic rings. The van der Waals surface area contributed by atoms with Gasteiger partial charge in [0.2, 0.25) is 0 Å². The maximum atomic E-state index is 10.5. The van der Waals surface area contributed by atoms with Crippen LogP contribution in [0.3, 0.4) is 0 Å². The molecular weight excluding hydrogens is 238 g/mol. The van der Waals surface area contributed by atoms with Crippen molar-refractivity contribution in [3.8, 4) is 0 Å². The number of hydrogen-bond donors (Lipinski definition) is 1. The highest BCUT2D eigenvalue weighted by molar-refractivity contribution is 7.99. The zero-order valence-corrected chi connectivity index (χ0v) is 10.2. The monoisotopic (exact) mass is 253 g/mol. The second kappa shape index (κ2) is 5.51. The fourth-order valence-corrected chi connectivity index (χ4v) is 3.34. The number of nitro groups is 1. The lowest BCUT2D eigenvalue weighted by Gasteiger charge is -2.12. The molecule has 1 N–H and O–H groups in total. The van der Waals surface area contributed by atoms with Gasteiger partial charge < -0.3 is 5.11 Å². The number of aliphatic hydroxyl groups excluding tert-OH is 1. The molecule has 0 bridgehead atoms. The van der Waals surface area contributed by atoms with Crippen LogP contribution in [0.1, 0.15) is 12.0 Å². The Balaban J connectivity index is 1.88. The minimum atomic E-state index is -0.388. The van der Waals surface area contributed by atoms with Crippen LogP contribution in [0.15, 0.2) is 24.3 Å². The topological polar surface area (TPSA) is 63.4 Å². The van der Waals surface area contributed by atoms with Crippen LogP contribution in [0.25, 0.3) is 0 Å². The lowest BCUT2D eigenvalue weighted by molar-refractivity contribution is -0.384. The molecule has 0 aliphatic carbocycles. The first kappa shape index (κ1) is 12.4. The number of benzene rings is 1. The minimum absolute atomic E-state index is 0.130. The molecule has 4 nitrogen and oxygen atoms in total. The summed E-state index contributed by atoms with van der Waals surface area (Å²) < 4.78 is 0. The van der Waals surface area contributed by atoms with Crippen LogP contribution in [-0.2, 0) is 6.42 Å². The summed E-state index contributed by atoms with van der Waals surface area (Å²) >= 11 is 1.79. The van der Waals surface area contributed by atoms with Crippen molar-refractivity contribution in [3.05, 3.63) is 39.9 Å². The first-order valence-corrected chi connectivity index (χ1v) is 6.81. The van der Waals surface area contributed by atoms with Crippen molar-refractivity contribution in [3.63, 3.8) is 0 Å². The maximum Gasteiger partial charge on any atom is 0.269 e. The van der Waals surface area contributed by atoms with Crippen molar-refractivity contribution >= 4 is 17.4 Å². The fourth-order valence-electron chi connectivity index (χ4n) is 2.00. The van der Waals surface area contributed by atoms with E-state index in [1.807, 2.05) is 0 Å². The number of hydrogen-bond acceptors (Lipinski definition) is 4. The summed E-state index contributed by atoms with van der Waals surface area (Å²) in [4.78, 5) is 10.1. The smallest absolute Gasteiger partial charge is 0.269 e. The van der Waals surface area contributed by atoms with Crippen molar-refractivity contribution in [2.45, 2.75) is 18.9 Å². The van der Waals surface area contributed by atoms with E-state index >= 15 is 0 Å². The molecular formula is C12H15NO3S. The van der Waals surface area contributed by atoms with Crippen molar-refractivity contribution in [1.82, 2.24) is 0 Å². The van der Waals surface area contributed by atoms with E-state index in [1.54, 1.807) is 23.9 Å². The van der Waals surface area contributed by atoms with Crippen molar-refractivity contribution in [1.29, 1.82) is 0 Å². The van der Waals surface area contributed by atoms with E-state index in [0.29, 0.717) is 5.92 Å². The number of nitro benzene ring substituents is 1. The molecule has 0 amide bonds. The summed E-state index contributed by atoms with van der Waals surface area (Å²) in [6.45, 7) is 0. The largest absolute Gasteiger partial charge is 0.392 e. The van der Waals surface area contributed by atoms with Crippen LogP contribution in [0.5, 0.6) is 0 Å². The Labute approximate surface area is 104 Å². The van der Waals surface area contributed by atoms with Crippen molar-refractivity contribution in [2.24, 2.45) is 5.92 Å². The standard InChI is InChI=1S/C12H15NO3S/c14-12-8-17-7-10(12)4-1-9-2-5-11(6-3-9)13(15)16/h2-3,5-6,10,12,14H,1,4,7-8H2. The SMILES string of the molecule is O=[N+]([O-])c1ccc(CCC2CSCC2O)cc1. The van der Waals surface area contributed by atoms with E-state index in [9.17, 15) is 15.2 Å². The third-order valence-corrected chi connectivity index (χ3v) is 4.36. The summed E-state index contributed by atoms with van der Waals surface area (Å²) in [5.41, 5.74) is 1.23. The molecule has 2 atom stereocenters. The van der Waals surface area contributed by atoms with Gasteiger partial charge in [-0.15, -0.1) is 0 Å². The van der Waals surface area contributed by atoms with Gasteiger partial charge in [-0.2, -0.15) is 11.8 Å². The molecule has 17 heavy (non-hydrogen) atoms. The number of aryl methyl sites for hydroxylation is 1. The van der Waals surface area contributed by atoms with Crippen LogP contribution in [0, 0.1) is 16.0 Å². The molecule has 2 rings (SSSR count). The highest BCUT2D eigenvalue weighted by Crippen LogP contribution is 2.28. The summed E-state index contributed by atoms with van der Waals surface area (Å²) in [7, 11) is 0. The summed E-state index contributed by atoms with van der Waals surface area (Å²) in [5, 5.41) is 20.2. The quantitative estimate of drug-likeness (QED) is 0.660. The van der Waals surface area contributed by atoms with Gasteiger partial charge >= 0.3 is 0 Å². The molecule has 0 radical (unpaired) electrons. The number of aliphatic hydroxyl groups is 1. The van der Waals surface area contributed by atoms with Crippen LogP contribution in [0.2, 0.25) is 0 Å². The first-order chi connectivity index (χ1) is 8.16. The molecule has 2 unspecified atom stereocenters. The van der Waals surface area contributed by atoms with Gasteiger partial charge in [0.05, 0.1) is 11.0 Å². The Morgan fingerprint density at radius 2 is 2.06 bits per heavy atom. The molecule has 1 aliphatic heterocycles. The molecule has 0 aromatic heterocycles. The molecule has 1 heterocycles. The van der Waals surface area contributed by atoms with Gasteiger partial charge in [0.1, 0.15) is 0 Å². The second-order valence-electron chi connectivity index (χ2n) is 4.33. The third kappa shape index (κ3) is 3.20. The Bertz CT molecular complexity index is 393. The predicted molar refractivity (Wildman–Crippen MR) is 68.2 cm³/mol. The van der Waals surface area contributed by atoms with Crippen molar-refractivity contribution in [2.75, 3.05) is 11.5 Å². The predicted octanol–water partition coefficient (Wildman–Crippen LogP) is 2.25. The molecule has 92 valence electrons. The first-order valence-electron chi connectivity index (χ1n) is 5.66. The van der Waals surface area contributed by atoms with E-state index in [0.717, 1.165) is 29.9 Å². The van der Waals surface area contributed by atoms with Gasteiger partial charge in [-0.25, -0.2) is 0 Å². The van der Waals surface area contributed by atoms with Gasteiger partial charge in [0.25, 0.3) is 5.69 Å². The van der Waals surface area contributed by atoms with Gasteiger partial charge in [-0.3, -0.25) is 10.1 Å². The van der Waals surface area contributed by atoms with Crippen LogP contribution < -0.4 is 0 Å². The van der Waals surface area contributed by atoms with Gasteiger partial charge in [0, 0.05) is 17.9 Å². The Morgan fingerprint density at radius 3 is 2.59 bits per heavy atom. The van der Waals surface area contributed by atoms with Crippen molar-refractivity contribution < 1.29 is 10.0 Å². The molecule has 1 fully saturated rings. The summed E-state index contributed by atoms with van der Waals surface area (Å²) in [6, 6.07) is 6.67. The summed E-state index contributed by atoms with van der Waals surface area (Å²) in [6.07, 6.45) is 1.64. The highest BCUT2D eigenvalue weighted by atomic mass is 32.2. The van der Waals surface area contributed by atoms with Gasteiger partial charge in [-0.05, 0) is 30.1 Å². The Hall–Kier alpha value is -1.07. The minimum Gasteiger partial charge on any atom is -0.392 e. The molecule has 5 heteroatoms. The normalized spacial score (nSPS) is 23.8. The van der Waals surface area contributed by atoms with E-state index in [1.165, 1.54) is 12.1 Å². The van der Waals surface area contributed by atoms with E-state index < -0.39 is 0 Å². The number of nitrogens with zero attached hydrogens (tertiary/aromatic N) is 1. The van der Waals surface area contributed by atoms with Crippen LogP contribution in [-0.4, -0.2) is 27.6 Å². The molecule has 1 saturated heterocycles. The number of thioether (sulfide) groups is 1. The number of rotatable bonds is 4. The molecule has 0 saturated carbocycles. The molecule has 1 aromatic carbocycles. The molecule has 1 aliphatic rings. The number of non-ortho nitro benzene ring substituents is 1. The summed E-state index contributed by atoms with van der Waals surface area (Å²) in [5.74, 6) is 2.23. The molecule has 0 spiro atoms. The lowest BCUT2D eigenvalue weighted by atomic mass is 9.97. The Kier molecular flexibility index (Phi) is 4.02. The maximum absolute atomic E-state index is 10.5. The highest BCUT2D eigenvalue weighted by Gasteiger charge is 2.25. The Morgan fingerprint density at radius 1 is 1.35 bits per heavy atom. The van der Waals surface area contributed by atoms with Gasteiger partial charge in [0.15, 0.2) is 0 Å².